The molecular weight excluding hydrogens is 664 g/mol. The van der Waals surface area contributed by atoms with E-state index in [1.807, 2.05) is 82.3 Å². The van der Waals surface area contributed by atoms with Crippen molar-refractivity contribution in [3.05, 3.63) is 125 Å². The molecule has 1 saturated heterocycles. The van der Waals surface area contributed by atoms with Crippen molar-refractivity contribution in [2.24, 2.45) is 10.4 Å². The molecule has 0 unspecified atom stereocenters. The van der Waals surface area contributed by atoms with Gasteiger partial charge in [0, 0.05) is 17.3 Å². The number of fused-ring (bicyclic) bond motifs is 1. The van der Waals surface area contributed by atoms with Crippen LogP contribution in [0.3, 0.4) is 0 Å². The molecule has 2 aromatic heterocycles. The number of pyridine rings is 1. The second-order valence-corrected chi connectivity index (χ2v) is 13.7. The van der Waals surface area contributed by atoms with Crippen LogP contribution in [-0.2, 0) is 21.7 Å². The fraction of sp³-hybridized carbons (Fsp3) is 0.270. The number of alkyl halides is 2. The number of nitrogens with zero attached hydrogens (tertiary/aromatic N) is 6. The third-order valence-electron chi connectivity index (χ3n) is 8.46. The first-order valence-corrected chi connectivity index (χ1v) is 16.2. The van der Waals surface area contributed by atoms with Crippen molar-refractivity contribution in [1.29, 1.82) is 0 Å². The van der Waals surface area contributed by atoms with Crippen molar-refractivity contribution in [2.75, 3.05) is 0 Å². The average Bonchev–Trinajstić information content (AvgIpc) is 3.67. The van der Waals surface area contributed by atoms with E-state index in [0.29, 0.717) is 17.5 Å². The van der Waals surface area contributed by atoms with Crippen LogP contribution in [0.5, 0.6) is 0 Å². The highest BCUT2D eigenvalue weighted by atomic mass is 35.5. The van der Waals surface area contributed by atoms with E-state index in [1.54, 1.807) is 12.3 Å². The molecule has 1 fully saturated rings. The van der Waals surface area contributed by atoms with Crippen molar-refractivity contribution < 1.29 is 23.1 Å². The lowest BCUT2D eigenvalue weighted by molar-refractivity contribution is -0.133. The minimum Gasteiger partial charge on any atom is -0.443 e. The molecule has 0 aliphatic carbocycles. The first-order valence-electron chi connectivity index (χ1n) is 15.9. The number of carbonyl (C=O) groups is 2. The smallest absolute Gasteiger partial charge is 0.437 e. The molecule has 10 nitrogen and oxygen atoms in total. The number of ether oxygens (including phenoxy) is 1. The Morgan fingerprint density at radius 3 is 2.56 bits per heavy atom. The number of nitrogens with one attached hydrogen (secondary N) is 1. The van der Waals surface area contributed by atoms with Gasteiger partial charge in [-0.3, -0.25) is 14.7 Å². The minimum atomic E-state index is -2.92. The summed E-state index contributed by atoms with van der Waals surface area (Å²) in [5.41, 5.74) is 0.991. The molecule has 257 valence electrons. The first kappa shape index (κ1) is 34.6. The lowest BCUT2D eigenvalue weighted by Gasteiger charge is -2.34. The van der Waals surface area contributed by atoms with E-state index in [-0.39, 0.29) is 23.3 Å². The fourth-order valence-electron chi connectivity index (χ4n) is 6.26. The molecule has 2 amide bonds. The van der Waals surface area contributed by atoms with Gasteiger partial charge in [-0.15, -0.1) is 4.99 Å². The molecule has 0 spiro atoms. The number of hydrogen-bond donors (Lipinski definition) is 1. The first-order chi connectivity index (χ1) is 23.8. The van der Waals surface area contributed by atoms with Gasteiger partial charge in [0.2, 0.25) is 5.96 Å². The quantitative estimate of drug-likeness (QED) is 0.174. The summed E-state index contributed by atoms with van der Waals surface area (Å²) < 4.78 is 34.0. The van der Waals surface area contributed by atoms with Gasteiger partial charge in [-0.25, -0.2) is 23.2 Å². The number of guanidine groups is 1. The molecule has 3 aromatic carbocycles. The highest BCUT2D eigenvalue weighted by Gasteiger charge is 2.54. The van der Waals surface area contributed by atoms with Crippen LogP contribution in [0, 0.1) is 19.3 Å². The SMILES string of the molecule is [CH2][C@@H](c1ccc(Cl)c(-n2ncnc2C(F)F)c1)N1C(=O)[C@@](CC(C)(C)C)(c2ccc3c(C)nccc3c2)N/C1=N/C(=O)OCc1ccccc1. The number of amides is 2. The van der Waals surface area contributed by atoms with Crippen LogP contribution in [0.15, 0.2) is 90.3 Å². The monoisotopic (exact) mass is 698 g/mol. The molecule has 2 atom stereocenters. The second-order valence-electron chi connectivity index (χ2n) is 13.3. The van der Waals surface area contributed by atoms with Gasteiger partial charge in [0.1, 0.15) is 18.5 Å². The number of aromatic nitrogens is 4. The Hall–Kier alpha value is -5.23. The molecule has 50 heavy (non-hydrogen) atoms. The standard InChI is InChI=1S/C37H35ClF2N7O3/c1-22-28-13-12-27(17-26(28)15-16-41-22)37(20-36(3,4)5)33(48)46(34(45-37)44-35(49)50-19-24-9-7-6-8-10-24)23(2)25-11-14-29(38)30(18-25)47-32(31(39)40)42-21-43-47/h6-18,21,23,31H,2,19-20H2,1,3-5H3,(H,44,45,49)/t23-,37+/m0/s1. The summed E-state index contributed by atoms with van der Waals surface area (Å²) in [6.07, 6.45) is -0.819. The lowest BCUT2D eigenvalue weighted by Crippen LogP contribution is -2.47. The van der Waals surface area contributed by atoms with Gasteiger partial charge in [-0.1, -0.05) is 80.9 Å². The summed E-state index contributed by atoms with van der Waals surface area (Å²) in [6, 6.07) is 20.4. The van der Waals surface area contributed by atoms with Crippen molar-refractivity contribution >= 4 is 40.3 Å². The van der Waals surface area contributed by atoms with Crippen molar-refractivity contribution in [1.82, 2.24) is 30.0 Å². The van der Waals surface area contributed by atoms with Crippen LogP contribution in [0.1, 0.15) is 67.9 Å². The lowest BCUT2D eigenvalue weighted by atomic mass is 9.75. The van der Waals surface area contributed by atoms with Crippen LogP contribution in [0.2, 0.25) is 5.02 Å². The number of carbonyl (C=O) groups excluding carboxylic acids is 2. The summed E-state index contributed by atoms with van der Waals surface area (Å²) in [7, 11) is 0. The maximum Gasteiger partial charge on any atom is 0.437 e. The number of aliphatic imine (C=N–C) groups is 1. The summed E-state index contributed by atoms with van der Waals surface area (Å²) in [4.78, 5) is 42.0. The Morgan fingerprint density at radius 1 is 1.08 bits per heavy atom. The predicted octanol–water partition coefficient (Wildman–Crippen LogP) is 8.05. The summed E-state index contributed by atoms with van der Waals surface area (Å²) in [5.74, 6) is -1.09. The number of rotatable bonds is 8. The minimum absolute atomic E-state index is 0.0334. The molecule has 6 rings (SSSR count). The van der Waals surface area contributed by atoms with Crippen molar-refractivity contribution in [3.63, 3.8) is 0 Å². The zero-order chi connectivity index (χ0) is 35.8. The van der Waals surface area contributed by atoms with E-state index in [2.05, 4.69) is 32.3 Å². The van der Waals surface area contributed by atoms with Gasteiger partial charge in [-0.2, -0.15) is 5.10 Å². The van der Waals surface area contributed by atoms with Crippen molar-refractivity contribution in [3.8, 4) is 5.69 Å². The normalized spacial score (nSPS) is 17.8. The maximum absolute atomic E-state index is 15.0. The molecule has 13 heteroatoms. The highest BCUT2D eigenvalue weighted by Crippen LogP contribution is 2.43. The number of aryl methyl sites for hydroxylation is 1. The van der Waals surface area contributed by atoms with E-state index >= 15 is 4.79 Å². The third kappa shape index (κ3) is 6.80. The Morgan fingerprint density at radius 2 is 1.84 bits per heavy atom. The van der Waals surface area contributed by atoms with E-state index in [4.69, 9.17) is 16.3 Å². The zero-order valence-corrected chi connectivity index (χ0v) is 28.7. The number of benzene rings is 3. The molecule has 0 saturated carbocycles. The second kappa shape index (κ2) is 13.6. The van der Waals surface area contributed by atoms with Gasteiger partial charge < -0.3 is 10.1 Å². The van der Waals surface area contributed by atoms with Crippen LogP contribution in [0.4, 0.5) is 13.6 Å². The van der Waals surface area contributed by atoms with E-state index in [1.165, 1.54) is 17.0 Å². The van der Waals surface area contributed by atoms with Gasteiger partial charge >= 0.3 is 6.09 Å². The van der Waals surface area contributed by atoms with Gasteiger partial charge in [0.05, 0.1) is 16.8 Å². The summed E-state index contributed by atoms with van der Waals surface area (Å²) >= 11 is 6.46. The van der Waals surface area contributed by atoms with E-state index < -0.39 is 41.2 Å². The van der Waals surface area contributed by atoms with Gasteiger partial charge in [0.25, 0.3) is 12.3 Å². The highest BCUT2D eigenvalue weighted by molar-refractivity contribution is 6.32. The molecule has 1 aliphatic heterocycles. The third-order valence-corrected chi connectivity index (χ3v) is 8.78. The molecular formula is C37H35ClF2N7O3. The van der Waals surface area contributed by atoms with Crippen LogP contribution >= 0.6 is 11.6 Å². The average molecular weight is 699 g/mol. The Balaban J connectivity index is 1.47. The Kier molecular flexibility index (Phi) is 9.41. The number of hydrogen-bond acceptors (Lipinski definition) is 6. The van der Waals surface area contributed by atoms with Crippen molar-refractivity contribution in [2.45, 2.75) is 58.7 Å². The Bertz CT molecular complexity index is 2100. The van der Waals surface area contributed by atoms with Crippen LogP contribution in [-0.4, -0.2) is 42.6 Å². The molecule has 1 aliphatic rings. The molecule has 3 heterocycles. The zero-order valence-electron chi connectivity index (χ0n) is 27.9. The predicted molar refractivity (Wildman–Crippen MR) is 186 cm³/mol. The Labute approximate surface area is 293 Å². The molecule has 5 aromatic rings. The molecule has 0 bridgehead atoms. The van der Waals surface area contributed by atoms with E-state index in [9.17, 15) is 13.6 Å². The van der Waals surface area contributed by atoms with Crippen LogP contribution in [0.25, 0.3) is 16.5 Å². The maximum atomic E-state index is 15.0. The fourth-order valence-corrected chi connectivity index (χ4v) is 6.45. The van der Waals surface area contributed by atoms with E-state index in [0.717, 1.165) is 33.0 Å². The molecule has 1 radical (unpaired) electrons. The van der Waals surface area contributed by atoms with Gasteiger partial charge in [0.15, 0.2) is 5.82 Å². The largest absolute Gasteiger partial charge is 0.443 e. The summed E-state index contributed by atoms with van der Waals surface area (Å²) in [6.45, 7) is 12.2. The summed E-state index contributed by atoms with van der Waals surface area (Å²) in [5, 5.41) is 9.23. The topological polar surface area (TPSA) is 115 Å². The molecule has 1 N–H and O–H groups in total. The number of halogens is 3. The van der Waals surface area contributed by atoms with Gasteiger partial charge in [-0.05, 0) is 72.0 Å². The van der Waals surface area contributed by atoms with Crippen LogP contribution < -0.4 is 5.32 Å².